The van der Waals surface area contributed by atoms with Crippen molar-refractivity contribution in [2.24, 2.45) is 11.8 Å². The third kappa shape index (κ3) is 4.34. The molecule has 122 valence electrons. The molecular weight excluding hydrogens is 273 g/mol. The van der Waals surface area contributed by atoms with Crippen molar-refractivity contribution >= 4 is 0 Å². The summed E-state index contributed by atoms with van der Waals surface area (Å²) in [5, 5.41) is 13.6. The molecule has 0 amide bonds. The first-order valence-corrected chi connectivity index (χ1v) is 8.26. The molecule has 2 heterocycles. The van der Waals surface area contributed by atoms with Crippen molar-refractivity contribution in [3.63, 3.8) is 0 Å². The van der Waals surface area contributed by atoms with Gasteiger partial charge in [0.25, 0.3) is 0 Å². The molecule has 1 aliphatic carbocycles. The van der Waals surface area contributed by atoms with Crippen LogP contribution in [0.25, 0.3) is 0 Å². The highest BCUT2D eigenvalue weighted by atomic mass is 19.1. The summed E-state index contributed by atoms with van der Waals surface area (Å²) in [6.07, 6.45) is 4.87. The van der Waals surface area contributed by atoms with Crippen LogP contribution in [0.15, 0.2) is 0 Å². The van der Waals surface area contributed by atoms with Crippen molar-refractivity contribution in [2.45, 2.75) is 44.2 Å². The van der Waals surface area contributed by atoms with E-state index in [-0.39, 0.29) is 6.17 Å². The van der Waals surface area contributed by atoms with Gasteiger partial charge in [0, 0.05) is 19.6 Å². The fourth-order valence-electron chi connectivity index (χ4n) is 3.56. The van der Waals surface area contributed by atoms with Crippen LogP contribution in [0.4, 0.5) is 4.39 Å². The zero-order valence-corrected chi connectivity index (χ0v) is 12.5. The molecule has 3 unspecified atom stereocenters. The van der Waals surface area contributed by atoms with Crippen LogP contribution in [0.3, 0.4) is 0 Å². The second-order valence-corrected chi connectivity index (χ2v) is 6.42. The molecule has 3 rings (SSSR count). The monoisotopic (exact) mass is 301 g/mol. The average molecular weight is 301 g/mol. The van der Waals surface area contributed by atoms with Crippen molar-refractivity contribution in [1.82, 2.24) is 26.7 Å². The molecule has 2 saturated heterocycles. The third-order valence-corrected chi connectivity index (χ3v) is 4.90. The van der Waals surface area contributed by atoms with Crippen LogP contribution < -0.4 is 26.7 Å². The van der Waals surface area contributed by atoms with Gasteiger partial charge in [-0.25, -0.2) is 4.39 Å². The van der Waals surface area contributed by atoms with Gasteiger partial charge < -0.3 is 10.6 Å². The first-order valence-electron chi connectivity index (χ1n) is 8.26. The highest BCUT2D eigenvalue weighted by Gasteiger charge is 2.33. The maximum Gasteiger partial charge on any atom is 0.159 e. The summed E-state index contributed by atoms with van der Waals surface area (Å²) < 4.78 is 12.5. The second kappa shape index (κ2) is 7.80. The standard InChI is InChI=1S/C14H28FN5O/c15-7-13-19-14(20-21-13)11-3-1-10(2-4-11)8-18-12-9-16-5-6-17-12/h10-14,16-20H,1-9H2. The van der Waals surface area contributed by atoms with Gasteiger partial charge in [-0.3, -0.25) is 15.5 Å². The zero-order valence-electron chi connectivity index (χ0n) is 12.5. The number of hydroxylamine groups is 1. The lowest BCUT2D eigenvalue weighted by atomic mass is 9.80. The van der Waals surface area contributed by atoms with Crippen LogP contribution in [0.5, 0.6) is 0 Å². The molecule has 7 heteroatoms. The first-order chi connectivity index (χ1) is 10.3. The Bertz CT molecular complexity index is 308. The molecule has 6 nitrogen and oxygen atoms in total. The predicted octanol–water partition coefficient (Wildman–Crippen LogP) is -0.353. The lowest BCUT2D eigenvalue weighted by Gasteiger charge is -2.33. The van der Waals surface area contributed by atoms with Gasteiger partial charge in [0.2, 0.25) is 0 Å². The number of alkyl halides is 1. The maximum absolute atomic E-state index is 12.5. The van der Waals surface area contributed by atoms with Crippen LogP contribution >= 0.6 is 0 Å². The van der Waals surface area contributed by atoms with E-state index in [0.717, 1.165) is 32.1 Å². The van der Waals surface area contributed by atoms with Gasteiger partial charge in [-0.1, -0.05) is 0 Å². The molecule has 0 aromatic heterocycles. The van der Waals surface area contributed by atoms with Gasteiger partial charge in [0.15, 0.2) is 6.23 Å². The van der Waals surface area contributed by atoms with E-state index >= 15 is 0 Å². The summed E-state index contributed by atoms with van der Waals surface area (Å²) >= 11 is 0. The minimum Gasteiger partial charge on any atom is -0.313 e. The van der Waals surface area contributed by atoms with E-state index in [0.29, 0.717) is 12.1 Å². The van der Waals surface area contributed by atoms with Gasteiger partial charge >= 0.3 is 0 Å². The normalized spacial score (nSPS) is 41.3. The summed E-state index contributed by atoms with van der Waals surface area (Å²) in [4.78, 5) is 5.16. The lowest BCUT2D eigenvalue weighted by molar-refractivity contribution is 0.00441. The largest absolute Gasteiger partial charge is 0.313 e. The van der Waals surface area contributed by atoms with E-state index in [9.17, 15) is 4.39 Å². The summed E-state index contributed by atoms with van der Waals surface area (Å²) in [6, 6.07) is 0. The molecule has 5 N–H and O–H groups in total. The molecule has 3 fully saturated rings. The Kier molecular flexibility index (Phi) is 5.79. The summed E-state index contributed by atoms with van der Waals surface area (Å²) in [6.45, 7) is 3.71. The van der Waals surface area contributed by atoms with Gasteiger partial charge in [-0.15, -0.1) is 0 Å². The van der Waals surface area contributed by atoms with Gasteiger partial charge in [0.1, 0.15) is 6.67 Å². The Labute approximate surface area is 125 Å². The van der Waals surface area contributed by atoms with Crippen LogP contribution in [0.1, 0.15) is 25.7 Å². The highest BCUT2D eigenvalue weighted by Crippen LogP contribution is 2.31. The number of piperazine rings is 1. The number of hydrogen-bond acceptors (Lipinski definition) is 6. The van der Waals surface area contributed by atoms with Crippen LogP contribution in [-0.4, -0.2) is 51.4 Å². The Balaban J connectivity index is 1.33. The molecule has 3 atom stereocenters. The molecule has 3 aliphatic rings. The van der Waals surface area contributed by atoms with E-state index in [1.54, 1.807) is 0 Å². The molecule has 2 aliphatic heterocycles. The fourth-order valence-corrected chi connectivity index (χ4v) is 3.56. The minimum atomic E-state index is -0.481. The molecule has 21 heavy (non-hydrogen) atoms. The summed E-state index contributed by atoms with van der Waals surface area (Å²) in [5.41, 5.74) is 2.94. The molecule has 1 saturated carbocycles. The topological polar surface area (TPSA) is 69.4 Å². The van der Waals surface area contributed by atoms with Crippen LogP contribution in [0.2, 0.25) is 0 Å². The van der Waals surface area contributed by atoms with E-state index in [2.05, 4.69) is 26.7 Å². The van der Waals surface area contributed by atoms with Gasteiger partial charge in [-0.2, -0.15) is 5.48 Å². The van der Waals surface area contributed by atoms with Crippen molar-refractivity contribution in [2.75, 3.05) is 32.9 Å². The molecule has 0 radical (unpaired) electrons. The van der Waals surface area contributed by atoms with Crippen molar-refractivity contribution in [3.8, 4) is 0 Å². The smallest absolute Gasteiger partial charge is 0.159 e. The molecule has 0 spiro atoms. The molecule has 0 aromatic rings. The van der Waals surface area contributed by atoms with E-state index in [1.807, 2.05) is 0 Å². The number of hydrogen-bond donors (Lipinski definition) is 5. The minimum absolute atomic E-state index is 0.115. The highest BCUT2D eigenvalue weighted by molar-refractivity contribution is 4.84. The molecule has 0 aromatic carbocycles. The van der Waals surface area contributed by atoms with E-state index in [1.165, 1.54) is 25.7 Å². The second-order valence-electron chi connectivity index (χ2n) is 6.42. The Hall–Kier alpha value is -0.310. The van der Waals surface area contributed by atoms with Crippen molar-refractivity contribution < 1.29 is 9.23 Å². The Morgan fingerprint density at radius 2 is 2.00 bits per heavy atom. The van der Waals surface area contributed by atoms with Gasteiger partial charge in [0.05, 0.1) is 12.3 Å². The number of nitrogens with one attached hydrogen (secondary N) is 5. The predicted molar refractivity (Wildman–Crippen MR) is 79.0 cm³/mol. The Morgan fingerprint density at radius 1 is 1.14 bits per heavy atom. The van der Waals surface area contributed by atoms with Crippen molar-refractivity contribution in [3.05, 3.63) is 0 Å². The lowest BCUT2D eigenvalue weighted by Crippen LogP contribution is -2.56. The zero-order chi connectivity index (χ0) is 14.5. The average Bonchev–Trinajstić information content (AvgIpc) is 3.03. The molecule has 0 bridgehead atoms. The maximum atomic E-state index is 12.5. The summed E-state index contributed by atoms with van der Waals surface area (Å²) in [7, 11) is 0. The SMILES string of the molecule is FCC1NC(C2CCC(CNC3CNCCN3)CC2)NO1. The van der Waals surface area contributed by atoms with Crippen molar-refractivity contribution in [1.29, 1.82) is 0 Å². The number of rotatable bonds is 5. The van der Waals surface area contributed by atoms with Crippen LogP contribution in [-0.2, 0) is 4.84 Å². The number of halogens is 1. The van der Waals surface area contributed by atoms with E-state index < -0.39 is 12.9 Å². The third-order valence-electron chi connectivity index (χ3n) is 4.90. The Morgan fingerprint density at radius 3 is 2.67 bits per heavy atom. The summed E-state index contributed by atoms with van der Waals surface area (Å²) in [5.74, 6) is 1.30. The van der Waals surface area contributed by atoms with Crippen LogP contribution in [0, 0.1) is 11.8 Å². The fraction of sp³-hybridized carbons (Fsp3) is 1.00. The van der Waals surface area contributed by atoms with E-state index in [4.69, 9.17) is 4.84 Å². The first kappa shape index (κ1) is 15.6. The van der Waals surface area contributed by atoms with Gasteiger partial charge in [-0.05, 0) is 44.1 Å². The quantitative estimate of drug-likeness (QED) is 0.478. The molecular formula is C14H28FN5O.